The molecule has 1 N–H and O–H groups in total. The van der Waals surface area contributed by atoms with Crippen molar-refractivity contribution in [3.8, 4) is 0 Å². The maximum absolute atomic E-state index is 9.83. The van der Waals surface area contributed by atoms with Crippen molar-refractivity contribution in [2.75, 3.05) is 46.5 Å². The van der Waals surface area contributed by atoms with Crippen molar-refractivity contribution in [2.24, 2.45) is 5.41 Å². The predicted molar refractivity (Wildman–Crippen MR) is 75.2 cm³/mol. The van der Waals surface area contributed by atoms with E-state index in [1.54, 1.807) is 0 Å². The van der Waals surface area contributed by atoms with Gasteiger partial charge in [0.1, 0.15) is 0 Å². The molecule has 3 fully saturated rings. The Labute approximate surface area is 116 Å². The summed E-state index contributed by atoms with van der Waals surface area (Å²) in [5, 5.41) is 9.83. The van der Waals surface area contributed by atoms with Crippen LogP contribution in [0.4, 0.5) is 0 Å². The molecule has 19 heavy (non-hydrogen) atoms. The molecular weight excluding hydrogens is 240 g/mol. The van der Waals surface area contributed by atoms with Crippen LogP contribution in [0.15, 0.2) is 0 Å². The number of rotatable bonds is 3. The van der Waals surface area contributed by atoms with Gasteiger partial charge in [0.15, 0.2) is 0 Å². The average Bonchev–Trinajstić information content (AvgIpc) is 2.68. The maximum atomic E-state index is 9.83. The fourth-order valence-electron chi connectivity index (χ4n) is 4.17. The molecule has 110 valence electrons. The van der Waals surface area contributed by atoms with Gasteiger partial charge < -0.3 is 14.7 Å². The first kappa shape index (κ1) is 13.8. The Bertz CT molecular complexity index is 305. The summed E-state index contributed by atoms with van der Waals surface area (Å²) in [6.45, 7) is 5.41. The van der Waals surface area contributed by atoms with Crippen molar-refractivity contribution in [1.82, 2.24) is 9.80 Å². The Hall–Kier alpha value is -0.160. The highest BCUT2D eigenvalue weighted by molar-refractivity contribution is 4.93. The molecule has 3 heterocycles. The van der Waals surface area contributed by atoms with E-state index in [2.05, 4.69) is 16.8 Å². The van der Waals surface area contributed by atoms with Crippen molar-refractivity contribution in [3.63, 3.8) is 0 Å². The standard InChI is InChI=1S/C15H28N2O2/c1-16-13-2-3-14(16)10-17(7-4-13)11-15(12-18)5-8-19-9-6-15/h13-14,18H,2-12H2,1H3. The highest BCUT2D eigenvalue weighted by Gasteiger charge is 2.38. The van der Waals surface area contributed by atoms with Crippen molar-refractivity contribution < 1.29 is 9.84 Å². The summed E-state index contributed by atoms with van der Waals surface area (Å²) in [5.74, 6) is 0. The smallest absolute Gasteiger partial charge is 0.0501 e. The van der Waals surface area contributed by atoms with E-state index < -0.39 is 0 Å². The lowest BCUT2D eigenvalue weighted by Crippen LogP contribution is -2.46. The van der Waals surface area contributed by atoms with Gasteiger partial charge in [-0.2, -0.15) is 0 Å². The van der Waals surface area contributed by atoms with Crippen LogP contribution in [0.3, 0.4) is 0 Å². The summed E-state index contributed by atoms with van der Waals surface area (Å²) in [4.78, 5) is 5.21. The van der Waals surface area contributed by atoms with E-state index >= 15 is 0 Å². The van der Waals surface area contributed by atoms with Crippen molar-refractivity contribution in [2.45, 2.75) is 44.2 Å². The average molecular weight is 268 g/mol. The molecule has 2 unspecified atom stereocenters. The summed E-state index contributed by atoms with van der Waals surface area (Å²) in [7, 11) is 2.29. The van der Waals surface area contributed by atoms with Gasteiger partial charge in [-0.05, 0) is 45.7 Å². The number of nitrogens with zero attached hydrogens (tertiary/aromatic N) is 2. The van der Waals surface area contributed by atoms with Crippen LogP contribution in [-0.4, -0.2) is 73.5 Å². The quantitative estimate of drug-likeness (QED) is 0.826. The van der Waals surface area contributed by atoms with Gasteiger partial charge in [-0.3, -0.25) is 4.90 Å². The number of hydrogen-bond acceptors (Lipinski definition) is 4. The topological polar surface area (TPSA) is 35.9 Å². The van der Waals surface area contributed by atoms with Crippen LogP contribution < -0.4 is 0 Å². The minimum Gasteiger partial charge on any atom is -0.396 e. The molecule has 0 aromatic heterocycles. The van der Waals surface area contributed by atoms with Gasteiger partial charge in [0.25, 0.3) is 0 Å². The van der Waals surface area contributed by atoms with Gasteiger partial charge in [-0.25, -0.2) is 0 Å². The van der Waals surface area contributed by atoms with Gasteiger partial charge in [-0.15, -0.1) is 0 Å². The SMILES string of the molecule is CN1C2CCC1CN(CC1(CO)CCOCC1)CC2. The molecule has 0 spiro atoms. The predicted octanol–water partition coefficient (Wildman–Crippen LogP) is 0.944. The monoisotopic (exact) mass is 268 g/mol. The Morgan fingerprint density at radius 3 is 2.63 bits per heavy atom. The Morgan fingerprint density at radius 1 is 1.16 bits per heavy atom. The number of fused-ring (bicyclic) bond motifs is 2. The molecule has 3 saturated heterocycles. The molecule has 0 aliphatic carbocycles. The van der Waals surface area contributed by atoms with Gasteiger partial charge in [-0.1, -0.05) is 0 Å². The highest BCUT2D eigenvalue weighted by Crippen LogP contribution is 2.34. The summed E-state index contributed by atoms with van der Waals surface area (Å²) in [6.07, 6.45) is 6.07. The van der Waals surface area contributed by atoms with Crippen molar-refractivity contribution in [1.29, 1.82) is 0 Å². The lowest BCUT2D eigenvalue weighted by molar-refractivity contribution is -0.0351. The van der Waals surface area contributed by atoms with Crippen LogP contribution >= 0.6 is 0 Å². The minimum atomic E-state index is 0.0976. The molecule has 2 atom stereocenters. The number of aliphatic hydroxyl groups excluding tert-OH is 1. The summed E-state index contributed by atoms with van der Waals surface area (Å²) < 4.78 is 5.47. The van der Waals surface area contributed by atoms with E-state index in [4.69, 9.17) is 4.74 Å². The third-order valence-corrected chi connectivity index (χ3v) is 5.68. The van der Waals surface area contributed by atoms with Gasteiger partial charge in [0, 0.05) is 43.8 Å². The van der Waals surface area contributed by atoms with E-state index in [1.165, 1.54) is 32.4 Å². The number of hydrogen-bond donors (Lipinski definition) is 1. The second-order valence-corrected chi connectivity index (χ2v) is 6.84. The molecule has 0 aromatic carbocycles. The number of likely N-dealkylation sites (tertiary alicyclic amines) is 1. The molecule has 0 amide bonds. The van der Waals surface area contributed by atoms with E-state index in [-0.39, 0.29) is 5.41 Å². The van der Waals surface area contributed by atoms with Gasteiger partial charge in [0.2, 0.25) is 0 Å². The number of likely N-dealkylation sites (N-methyl/N-ethyl adjacent to an activating group) is 1. The molecule has 3 aliphatic rings. The van der Waals surface area contributed by atoms with E-state index in [0.717, 1.165) is 44.7 Å². The van der Waals surface area contributed by atoms with Crippen LogP contribution in [0.2, 0.25) is 0 Å². The molecule has 0 saturated carbocycles. The minimum absolute atomic E-state index is 0.0976. The van der Waals surface area contributed by atoms with Crippen LogP contribution in [-0.2, 0) is 4.74 Å². The highest BCUT2D eigenvalue weighted by atomic mass is 16.5. The Balaban J connectivity index is 1.62. The fourth-order valence-corrected chi connectivity index (χ4v) is 4.17. The van der Waals surface area contributed by atoms with Gasteiger partial charge >= 0.3 is 0 Å². The largest absolute Gasteiger partial charge is 0.396 e. The normalized spacial score (nSPS) is 36.3. The van der Waals surface area contributed by atoms with E-state index in [0.29, 0.717) is 6.61 Å². The van der Waals surface area contributed by atoms with E-state index in [1.807, 2.05) is 0 Å². The third kappa shape index (κ3) is 2.82. The third-order valence-electron chi connectivity index (χ3n) is 5.68. The number of aliphatic hydroxyl groups is 1. The van der Waals surface area contributed by atoms with Crippen LogP contribution in [0.1, 0.15) is 32.1 Å². The molecule has 0 aromatic rings. The first-order chi connectivity index (χ1) is 9.22. The molecule has 3 rings (SSSR count). The molecule has 0 radical (unpaired) electrons. The van der Waals surface area contributed by atoms with Crippen LogP contribution in [0.5, 0.6) is 0 Å². The molecule has 3 aliphatic heterocycles. The fraction of sp³-hybridized carbons (Fsp3) is 1.00. The zero-order valence-electron chi connectivity index (χ0n) is 12.2. The molecular formula is C15H28N2O2. The van der Waals surface area contributed by atoms with E-state index in [9.17, 15) is 5.11 Å². The number of ether oxygens (including phenoxy) is 1. The first-order valence-electron chi connectivity index (χ1n) is 7.85. The Morgan fingerprint density at radius 2 is 1.89 bits per heavy atom. The lowest BCUT2D eigenvalue weighted by atomic mass is 9.80. The zero-order chi connectivity index (χ0) is 13.3. The van der Waals surface area contributed by atoms with Crippen LogP contribution in [0.25, 0.3) is 0 Å². The molecule has 2 bridgehead atoms. The summed E-state index contributed by atoms with van der Waals surface area (Å²) in [5.41, 5.74) is 0.0976. The maximum Gasteiger partial charge on any atom is 0.0501 e. The van der Waals surface area contributed by atoms with Crippen LogP contribution in [0, 0.1) is 5.41 Å². The second-order valence-electron chi connectivity index (χ2n) is 6.84. The first-order valence-corrected chi connectivity index (χ1v) is 7.85. The molecule has 4 nitrogen and oxygen atoms in total. The van der Waals surface area contributed by atoms with Crippen molar-refractivity contribution in [3.05, 3.63) is 0 Å². The summed E-state index contributed by atoms with van der Waals surface area (Å²) >= 11 is 0. The summed E-state index contributed by atoms with van der Waals surface area (Å²) in [6, 6.07) is 1.54. The second kappa shape index (κ2) is 5.68. The molecule has 4 heteroatoms. The van der Waals surface area contributed by atoms with Crippen molar-refractivity contribution >= 4 is 0 Å². The Kier molecular flexibility index (Phi) is 4.13. The van der Waals surface area contributed by atoms with Gasteiger partial charge in [0.05, 0.1) is 6.61 Å². The lowest BCUT2D eigenvalue weighted by Gasteiger charge is -2.40. The zero-order valence-corrected chi connectivity index (χ0v) is 12.2.